The molecular weight excluding hydrogens is 396 g/mol. The van der Waals surface area contributed by atoms with Crippen LogP contribution in [0.25, 0.3) is 16.7 Å². The molecule has 0 saturated carbocycles. The van der Waals surface area contributed by atoms with Crippen LogP contribution >= 0.6 is 0 Å². The summed E-state index contributed by atoms with van der Waals surface area (Å²) in [4.78, 5) is 24.8. The normalized spacial score (nSPS) is 14.3. The summed E-state index contributed by atoms with van der Waals surface area (Å²) in [5.41, 5.74) is 4.44. The first-order valence-corrected chi connectivity index (χ1v) is 9.61. The quantitative estimate of drug-likeness (QED) is 0.248. The van der Waals surface area contributed by atoms with E-state index in [1.165, 1.54) is 18.3 Å². The van der Waals surface area contributed by atoms with Gasteiger partial charge in [0.05, 0.1) is 12.2 Å². The topological polar surface area (TPSA) is 119 Å². The number of carbonyl (C=O) groups excluding carboxylic acids is 2. The molecule has 0 aromatic heterocycles. The number of imide groups is 1. The molecule has 1 aliphatic heterocycles. The van der Waals surface area contributed by atoms with Gasteiger partial charge in [-0.2, -0.15) is 0 Å². The van der Waals surface area contributed by atoms with E-state index in [0.29, 0.717) is 28.8 Å². The van der Waals surface area contributed by atoms with Crippen molar-refractivity contribution in [2.75, 3.05) is 0 Å². The van der Waals surface area contributed by atoms with E-state index < -0.39 is 11.8 Å². The fraction of sp³-hybridized carbons (Fsp3) is 0.0833. The van der Waals surface area contributed by atoms with Crippen LogP contribution in [0.4, 0.5) is 0 Å². The van der Waals surface area contributed by atoms with E-state index in [4.69, 9.17) is 0 Å². The third-order valence-electron chi connectivity index (χ3n) is 5.09. The van der Waals surface area contributed by atoms with Crippen LogP contribution in [-0.4, -0.2) is 27.1 Å². The Morgan fingerprint density at radius 1 is 0.774 bits per heavy atom. The average Bonchev–Trinajstić information content (AvgIpc) is 2.78. The van der Waals surface area contributed by atoms with Gasteiger partial charge in [0.25, 0.3) is 11.8 Å². The largest absolute Gasteiger partial charge is 0.504 e. The van der Waals surface area contributed by atoms with Crippen molar-refractivity contribution >= 4 is 17.4 Å². The van der Waals surface area contributed by atoms with Gasteiger partial charge >= 0.3 is 0 Å². The number of hydrogen-bond donors (Lipinski definition) is 5. The molecule has 1 aliphatic rings. The van der Waals surface area contributed by atoms with Gasteiger partial charge in [-0.05, 0) is 46.5 Å². The van der Waals surface area contributed by atoms with Crippen molar-refractivity contribution < 1.29 is 24.9 Å². The van der Waals surface area contributed by atoms with Crippen molar-refractivity contribution in [1.29, 1.82) is 0 Å². The van der Waals surface area contributed by atoms with Crippen LogP contribution < -0.4 is 10.6 Å². The predicted molar refractivity (Wildman–Crippen MR) is 115 cm³/mol. The molecule has 1 heterocycles. The molecule has 3 aromatic carbocycles. The summed E-state index contributed by atoms with van der Waals surface area (Å²) in [7, 11) is 0. The number of phenolic OH excluding ortho intramolecular Hbond substituents is 2. The van der Waals surface area contributed by atoms with Gasteiger partial charge in [0.15, 0.2) is 11.5 Å². The van der Waals surface area contributed by atoms with Gasteiger partial charge in [0, 0.05) is 23.9 Å². The molecule has 31 heavy (non-hydrogen) atoms. The van der Waals surface area contributed by atoms with Crippen LogP contribution in [0.1, 0.15) is 27.0 Å². The fourth-order valence-electron chi connectivity index (χ4n) is 3.40. The number of aliphatic hydroxyl groups is 1. The number of nitrogens with one attached hydrogen (secondary N) is 2. The minimum atomic E-state index is -0.508. The van der Waals surface area contributed by atoms with Crippen LogP contribution in [0.3, 0.4) is 0 Å². The van der Waals surface area contributed by atoms with Crippen molar-refractivity contribution in [3.05, 3.63) is 89.1 Å². The number of benzene rings is 3. The first kappa shape index (κ1) is 20.2. The number of aliphatic hydroxyl groups excluding tert-OH is 1. The lowest BCUT2D eigenvalue weighted by atomic mass is 9.91. The summed E-state index contributed by atoms with van der Waals surface area (Å²) in [5.74, 6) is -1.40. The Kier molecular flexibility index (Phi) is 5.43. The maximum atomic E-state index is 12.5. The molecule has 0 unspecified atom stereocenters. The molecule has 0 fully saturated rings. The van der Waals surface area contributed by atoms with Crippen LogP contribution in [0.2, 0.25) is 0 Å². The predicted octanol–water partition coefficient (Wildman–Crippen LogP) is 2.66. The summed E-state index contributed by atoms with van der Waals surface area (Å²) >= 11 is 0. The van der Waals surface area contributed by atoms with E-state index >= 15 is 0 Å². The second-order valence-electron chi connectivity index (χ2n) is 7.16. The van der Waals surface area contributed by atoms with E-state index in [9.17, 15) is 24.9 Å². The number of rotatable bonds is 5. The van der Waals surface area contributed by atoms with Gasteiger partial charge < -0.3 is 20.6 Å². The van der Waals surface area contributed by atoms with Crippen molar-refractivity contribution in [3.63, 3.8) is 0 Å². The van der Waals surface area contributed by atoms with Crippen molar-refractivity contribution in [2.45, 2.75) is 13.2 Å². The highest BCUT2D eigenvalue weighted by Crippen LogP contribution is 2.30. The van der Waals surface area contributed by atoms with Gasteiger partial charge in [0.2, 0.25) is 0 Å². The number of carbonyl (C=O) groups is 2. The Hall–Kier alpha value is -4.10. The van der Waals surface area contributed by atoms with Gasteiger partial charge in [-0.3, -0.25) is 14.9 Å². The molecule has 5 N–H and O–H groups in total. The SMILES string of the molecule is O=C1NC(=O)c2ccc(-c3ccc(CO)cc3)cc2/C1=C\NCc1ccc(O)c(O)c1. The average molecular weight is 416 g/mol. The second-order valence-corrected chi connectivity index (χ2v) is 7.16. The molecule has 0 atom stereocenters. The number of fused-ring (bicyclic) bond motifs is 1. The number of phenols is 2. The maximum Gasteiger partial charge on any atom is 0.260 e. The van der Waals surface area contributed by atoms with E-state index in [1.54, 1.807) is 18.2 Å². The molecule has 4 rings (SSSR count). The Bertz CT molecular complexity index is 1200. The third-order valence-corrected chi connectivity index (χ3v) is 5.09. The molecule has 0 saturated heterocycles. The van der Waals surface area contributed by atoms with Crippen LogP contribution in [0.5, 0.6) is 11.5 Å². The van der Waals surface area contributed by atoms with E-state index in [1.807, 2.05) is 30.3 Å². The van der Waals surface area contributed by atoms with E-state index in [0.717, 1.165) is 16.7 Å². The minimum absolute atomic E-state index is 0.0451. The second kappa shape index (κ2) is 8.33. The lowest BCUT2D eigenvalue weighted by Crippen LogP contribution is -2.37. The summed E-state index contributed by atoms with van der Waals surface area (Å²) in [5, 5.41) is 33.6. The number of aromatic hydroxyl groups is 2. The number of amides is 2. The Balaban J connectivity index is 1.65. The van der Waals surface area contributed by atoms with Gasteiger partial charge in [-0.15, -0.1) is 0 Å². The monoisotopic (exact) mass is 416 g/mol. The fourth-order valence-corrected chi connectivity index (χ4v) is 3.40. The molecule has 0 aliphatic carbocycles. The number of hydrogen-bond acceptors (Lipinski definition) is 6. The minimum Gasteiger partial charge on any atom is -0.504 e. The lowest BCUT2D eigenvalue weighted by Gasteiger charge is -2.19. The molecule has 0 spiro atoms. The van der Waals surface area contributed by atoms with Crippen molar-refractivity contribution in [3.8, 4) is 22.6 Å². The first-order valence-electron chi connectivity index (χ1n) is 9.61. The Morgan fingerprint density at radius 3 is 2.19 bits per heavy atom. The lowest BCUT2D eigenvalue weighted by molar-refractivity contribution is -0.114. The molecule has 7 heteroatoms. The summed E-state index contributed by atoms with van der Waals surface area (Å²) in [6.07, 6.45) is 1.53. The first-order chi connectivity index (χ1) is 15.0. The van der Waals surface area contributed by atoms with Gasteiger partial charge in [-0.1, -0.05) is 36.4 Å². The molecule has 7 nitrogen and oxygen atoms in total. The molecular formula is C24H20N2O5. The highest BCUT2D eigenvalue weighted by atomic mass is 16.3. The zero-order chi connectivity index (χ0) is 22.0. The van der Waals surface area contributed by atoms with Gasteiger partial charge in [0.1, 0.15) is 0 Å². The summed E-state index contributed by atoms with van der Waals surface area (Å²) in [6.45, 7) is 0.257. The molecule has 0 radical (unpaired) electrons. The Morgan fingerprint density at radius 2 is 1.48 bits per heavy atom. The Labute approximate surface area is 178 Å². The molecule has 156 valence electrons. The summed E-state index contributed by atoms with van der Waals surface area (Å²) < 4.78 is 0. The smallest absolute Gasteiger partial charge is 0.260 e. The van der Waals surface area contributed by atoms with Crippen LogP contribution in [0, 0.1) is 0 Å². The molecule has 2 amide bonds. The van der Waals surface area contributed by atoms with Crippen LogP contribution in [0.15, 0.2) is 66.9 Å². The van der Waals surface area contributed by atoms with Crippen molar-refractivity contribution in [2.24, 2.45) is 0 Å². The standard InChI is InChI=1S/C24H20N2O5/c27-13-14-1-4-16(5-2-14)17-6-7-18-19(10-17)20(24(31)26-23(18)30)12-25-11-15-3-8-21(28)22(29)9-15/h1-10,12,25,27-29H,11,13H2,(H,26,30,31)/b20-12+. The maximum absolute atomic E-state index is 12.5. The van der Waals surface area contributed by atoms with Crippen molar-refractivity contribution in [1.82, 2.24) is 10.6 Å². The van der Waals surface area contributed by atoms with E-state index in [2.05, 4.69) is 10.6 Å². The third kappa shape index (κ3) is 4.12. The molecule has 3 aromatic rings. The zero-order valence-electron chi connectivity index (χ0n) is 16.4. The van der Waals surface area contributed by atoms with E-state index in [-0.39, 0.29) is 18.1 Å². The highest BCUT2D eigenvalue weighted by molar-refractivity contribution is 6.31. The van der Waals surface area contributed by atoms with Crippen LogP contribution in [-0.2, 0) is 17.9 Å². The van der Waals surface area contributed by atoms with Gasteiger partial charge in [-0.25, -0.2) is 0 Å². The highest BCUT2D eigenvalue weighted by Gasteiger charge is 2.27. The zero-order valence-corrected chi connectivity index (χ0v) is 16.4. The molecule has 0 bridgehead atoms. The summed E-state index contributed by atoms with van der Waals surface area (Å²) in [6, 6.07) is 17.1.